The highest BCUT2D eigenvalue weighted by Gasteiger charge is 2.27. The van der Waals surface area contributed by atoms with Gasteiger partial charge in [-0.15, -0.1) is 10.2 Å². The summed E-state index contributed by atoms with van der Waals surface area (Å²) in [4.78, 5) is 2.58. The quantitative estimate of drug-likeness (QED) is 0.942. The van der Waals surface area contributed by atoms with E-state index in [4.69, 9.17) is 0 Å². The third-order valence-electron chi connectivity index (χ3n) is 5.26. The second-order valence-electron chi connectivity index (χ2n) is 6.78. The first-order chi connectivity index (χ1) is 11.3. The van der Waals surface area contributed by atoms with Gasteiger partial charge in [0.2, 0.25) is 0 Å². The number of hydrogen-bond donors (Lipinski definition) is 1. The van der Waals surface area contributed by atoms with Crippen LogP contribution in [0.1, 0.15) is 41.5 Å². The van der Waals surface area contributed by atoms with E-state index in [0.29, 0.717) is 5.92 Å². The Kier molecular flexibility index (Phi) is 4.14. The van der Waals surface area contributed by atoms with Crippen LogP contribution in [0.3, 0.4) is 0 Å². The molecule has 0 radical (unpaired) electrons. The molecule has 1 aromatic heterocycles. The molecule has 0 unspecified atom stereocenters. The van der Waals surface area contributed by atoms with Crippen molar-refractivity contribution < 1.29 is 0 Å². The Hall–Kier alpha value is -1.72. The lowest BCUT2D eigenvalue weighted by atomic mass is 9.95. The SMILES string of the molecule is Cc1ccccc1CN1CCC(c2nnc3n2CCNC3)CC1. The zero-order valence-electron chi connectivity index (χ0n) is 13.8. The summed E-state index contributed by atoms with van der Waals surface area (Å²) >= 11 is 0. The number of hydrogen-bond acceptors (Lipinski definition) is 4. The van der Waals surface area contributed by atoms with Crippen molar-refractivity contribution in [2.24, 2.45) is 0 Å². The summed E-state index contributed by atoms with van der Waals surface area (Å²) in [6.45, 7) is 8.49. The van der Waals surface area contributed by atoms with Gasteiger partial charge in [-0.25, -0.2) is 0 Å². The fourth-order valence-corrected chi connectivity index (χ4v) is 3.79. The minimum atomic E-state index is 0.572. The number of likely N-dealkylation sites (tertiary alicyclic amines) is 1. The largest absolute Gasteiger partial charge is 0.312 e. The van der Waals surface area contributed by atoms with Gasteiger partial charge in [-0.1, -0.05) is 24.3 Å². The molecule has 1 aromatic carbocycles. The third-order valence-corrected chi connectivity index (χ3v) is 5.26. The molecule has 0 amide bonds. The number of aryl methyl sites for hydroxylation is 1. The number of aromatic nitrogens is 3. The molecule has 2 aliphatic rings. The van der Waals surface area contributed by atoms with E-state index in [1.165, 1.54) is 29.8 Å². The van der Waals surface area contributed by atoms with E-state index in [1.807, 2.05) is 0 Å². The van der Waals surface area contributed by atoms with Crippen molar-refractivity contribution in [3.05, 3.63) is 47.0 Å². The molecule has 5 nitrogen and oxygen atoms in total. The first kappa shape index (κ1) is 14.8. The van der Waals surface area contributed by atoms with Crippen molar-refractivity contribution in [2.75, 3.05) is 19.6 Å². The zero-order chi connectivity index (χ0) is 15.6. The van der Waals surface area contributed by atoms with Crippen LogP contribution in [0.5, 0.6) is 0 Å². The van der Waals surface area contributed by atoms with E-state index in [1.54, 1.807) is 0 Å². The van der Waals surface area contributed by atoms with Crippen molar-refractivity contribution >= 4 is 0 Å². The van der Waals surface area contributed by atoms with Crippen molar-refractivity contribution in [3.63, 3.8) is 0 Å². The summed E-state index contributed by atoms with van der Waals surface area (Å²) in [5, 5.41) is 12.2. The van der Waals surface area contributed by atoms with Crippen LogP contribution in [0.15, 0.2) is 24.3 Å². The lowest BCUT2D eigenvalue weighted by Gasteiger charge is -2.32. The van der Waals surface area contributed by atoms with Gasteiger partial charge >= 0.3 is 0 Å². The van der Waals surface area contributed by atoms with Crippen LogP contribution in [0.25, 0.3) is 0 Å². The molecule has 1 N–H and O–H groups in total. The zero-order valence-corrected chi connectivity index (χ0v) is 13.8. The minimum Gasteiger partial charge on any atom is -0.312 e. The molecule has 1 fully saturated rings. The molecule has 3 heterocycles. The Morgan fingerprint density at radius 2 is 1.96 bits per heavy atom. The summed E-state index contributed by atoms with van der Waals surface area (Å²) in [6.07, 6.45) is 2.38. The van der Waals surface area contributed by atoms with Crippen LogP contribution in [0.4, 0.5) is 0 Å². The van der Waals surface area contributed by atoms with Gasteiger partial charge in [-0.2, -0.15) is 0 Å². The fraction of sp³-hybridized carbons (Fsp3) is 0.556. The van der Waals surface area contributed by atoms with E-state index in [-0.39, 0.29) is 0 Å². The standard InChI is InChI=1S/C18H25N5/c1-14-4-2-3-5-16(14)13-22-9-6-15(7-10-22)18-21-20-17-12-19-8-11-23(17)18/h2-5,15,19H,6-13H2,1H3. The Bertz CT molecular complexity index is 670. The molecule has 23 heavy (non-hydrogen) atoms. The van der Waals surface area contributed by atoms with Crippen LogP contribution in [-0.4, -0.2) is 39.3 Å². The topological polar surface area (TPSA) is 46.0 Å². The summed E-state index contributed by atoms with van der Waals surface area (Å²) in [5.41, 5.74) is 2.85. The summed E-state index contributed by atoms with van der Waals surface area (Å²) in [6, 6.07) is 8.72. The van der Waals surface area contributed by atoms with Crippen LogP contribution in [0, 0.1) is 6.92 Å². The lowest BCUT2D eigenvalue weighted by molar-refractivity contribution is 0.199. The Morgan fingerprint density at radius 3 is 2.78 bits per heavy atom. The molecule has 5 heteroatoms. The minimum absolute atomic E-state index is 0.572. The Morgan fingerprint density at radius 1 is 1.13 bits per heavy atom. The van der Waals surface area contributed by atoms with E-state index in [9.17, 15) is 0 Å². The van der Waals surface area contributed by atoms with E-state index >= 15 is 0 Å². The average Bonchev–Trinajstić information content (AvgIpc) is 3.02. The van der Waals surface area contributed by atoms with Gasteiger partial charge in [0.25, 0.3) is 0 Å². The second-order valence-corrected chi connectivity index (χ2v) is 6.78. The summed E-state index contributed by atoms with van der Waals surface area (Å²) in [7, 11) is 0. The molecule has 0 aliphatic carbocycles. The van der Waals surface area contributed by atoms with E-state index < -0.39 is 0 Å². The molecule has 0 saturated carbocycles. The van der Waals surface area contributed by atoms with Crippen LogP contribution < -0.4 is 5.32 Å². The third kappa shape index (κ3) is 3.03. The number of nitrogens with zero attached hydrogens (tertiary/aromatic N) is 4. The molecule has 4 rings (SSSR count). The monoisotopic (exact) mass is 311 g/mol. The van der Waals surface area contributed by atoms with E-state index in [0.717, 1.165) is 45.1 Å². The maximum absolute atomic E-state index is 4.50. The van der Waals surface area contributed by atoms with Gasteiger partial charge in [-0.05, 0) is 44.0 Å². The van der Waals surface area contributed by atoms with Crippen molar-refractivity contribution in [1.29, 1.82) is 0 Å². The van der Waals surface area contributed by atoms with Crippen LogP contribution >= 0.6 is 0 Å². The summed E-state index contributed by atoms with van der Waals surface area (Å²) in [5.74, 6) is 2.90. The molecule has 1 saturated heterocycles. The molecule has 0 bridgehead atoms. The van der Waals surface area contributed by atoms with Gasteiger partial charge in [0.1, 0.15) is 11.6 Å². The molecular weight excluding hydrogens is 286 g/mol. The maximum atomic E-state index is 4.50. The normalized spacial score (nSPS) is 19.7. The number of nitrogens with one attached hydrogen (secondary N) is 1. The molecule has 0 atom stereocenters. The molecular formula is C18H25N5. The fourth-order valence-electron chi connectivity index (χ4n) is 3.79. The molecule has 2 aliphatic heterocycles. The second kappa shape index (κ2) is 6.42. The van der Waals surface area contributed by atoms with Gasteiger partial charge < -0.3 is 9.88 Å². The molecule has 0 spiro atoms. The smallest absolute Gasteiger partial charge is 0.147 e. The number of fused-ring (bicyclic) bond motifs is 1. The number of rotatable bonds is 3. The highest BCUT2D eigenvalue weighted by atomic mass is 15.3. The lowest BCUT2D eigenvalue weighted by Crippen LogP contribution is -2.34. The first-order valence-electron chi connectivity index (χ1n) is 8.71. The highest BCUT2D eigenvalue weighted by Crippen LogP contribution is 2.28. The van der Waals surface area contributed by atoms with Gasteiger partial charge in [0, 0.05) is 25.6 Å². The average molecular weight is 311 g/mol. The molecule has 2 aromatic rings. The highest BCUT2D eigenvalue weighted by molar-refractivity contribution is 5.25. The Balaban J connectivity index is 1.40. The predicted octanol–water partition coefficient (Wildman–Crippen LogP) is 2.07. The number of benzene rings is 1. The predicted molar refractivity (Wildman–Crippen MR) is 90.2 cm³/mol. The first-order valence-corrected chi connectivity index (χ1v) is 8.71. The van der Waals surface area contributed by atoms with E-state index in [2.05, 4.69) is 56.2 Å². The number of piperidine rings is 1. The maximum Gasteiger partial charge on any atom is 0.147 e. The van der Waals surface area contributed by atoms with Gasteiger partial charge in [0.05, 0.1) is 6.54 Å². The van der Waals surface area contributed by atoms with Crippen LogP contribution in [-0.2, 0) is 19.6 Å². The van der Waals surface area contributed by atoms with Crippen LogP contribution in [0.2, 0.25) is 0 Å². The van der Waals surface area contributed by atoms with Crippen molar-refractivity contribution in [2.45, 2.75) is 45.3 Å². The Labute approximate surface area is 137 Å². The van der Waals surface area contributed by atoms with Gasteiger partial charge in [0.15, 0.2) is 0 Å². The molecule has 122 valence electrons. The van der Waals surface area contributed by atoms with Gasteiger partial charge in [-0.3, -0.25) is 4.90 Å². The summed E-state index contributed by atoms with van der Waals surface area (Å²) < 4.78 is 2.35. The van der Waals surface area contributed by atoms with Crippen molar-refractivity contribution in [1.82, 2.24) is 25.0 Å². The van der Waals surface area contributed by atoms with Crippen molar-refractivity contribution in [3.8, 4) is 0 Å².